The van der Waals surface area contributed by atoms with Crippen molar-refractivity contribution in [3.05, 3.63) is 28.2 Å². The maximum absolute atomic E-state index is 5.27. The number of nitrogens with one attached hydrogen (secondary N) is 1. The monoisotopic (exact) mass is 313 g/mol. The third-order valence-corrected chi connectivity index (χ3v) is 3.46. The highest BCUT2D eigenvalue weighted by Gasteiger charge is 2.20. The molecule has 2 nitrogen and oxygen atoms in total. The Morgan fingerprint density at radius 3 is 2.44 bits per heavy atom. The van der Waals surface area contributed by atoms with E-state index in [-0.39, 0.29) is 0 Å². The van der Waals surface area contributed by atoms with E-state index in [1.165, 1.54) is 5.56 Å². The molecule has 0 spiro atoms. The number of hydrogen-bond acceptors (Lipinski definition) is 2. The van der Waals surface area contributed by atoms with Crippen molar-refractivity contribution < 1.29 is 4.74 Å². The fourth-order valence-corrected chi connectivity index (χ4v) is 2.62. The van der Waals surface area contributed by atoms with Gasteiger partial charge >= 0.3 is 0 Å². The number of ether oxygens (including phenoxy) is 1. The average Bonchev–Trinajstić information content (AvgIpc) is 2.26. The molecule has 1 rings (SSSR count). The average molecular weight is 314 g/mol. The van der Waals surface area contributed by atoms with Crippen LogP contribution in [0.5, 0.6) is 5.75 Å². The van der Waals surface area contributed by atoms with Gasteiger partial charge in [-0.2, -0.15) is 0 Å². The first-order chi connectivity index (χ1) is 8.37. The summed E-state index contributed by atoms with van der Waals surface area (Å²) in [5.41, 5.74) is 1.61. The smallest absolute Gasteiger partial charge is 0.133 e. The van der Waals surface area contributed by atoms with Crippen LogP contribution in [0.25, 0.3) is 0 Å². The number of rotatable bonds is 5. The summed E-state index contributed by atoms with van der Waals surface area (Å²) in [5, 5.41) is 3.56. The highest BCUT2D eigenvalue weighted by molar-refractivity contribution is 9.10. The topological polar surface area (TPSA) is 21.3 Å². The highest BCUT2D eigenvalue weighted by atomic mass is 79.9. The van der Waals surface area contributed by atoms with Gasteiger partial charge in [-0.15, -0.1) is 0 Å². The van der Waals surface area contributed by atoms with Gasteiger partial charge in [0.25, 0.3) is 0 Å². The van der Waals surface area contributed by atoms with Crippen molar-refractivity contribution >= 4 is 15.9 Å². The van der Waals surface area contributed by atoms with Gasteiger partial charge in [0.15, 0.2) is 0 Å². The summed E-state index contributed by atoms with van der Waals surface area (Å²) >= 11 is 3.55. The minimum absolute atomic E-state index is 0.305. The molecule has 0 fully saturated rings. The van der Waals surface area contributed by atoms with Crippen LogP contribution in [0.15, 0.2) is 22.7 Å². The molecule has 0 bridgehead atoms. The Labute approximate surface area is 119 Å². The van der Waals surface area contributed by atoms with E-state index in [1.807, 2.05) is 6.07 Å². The van der Waals surface area contributed by atoms with Crippen LogP contribution < -0.4 is 10.1 Å². The van der Waals surface area contributed by atoms with Crippen molar-refractivity contribution in [2.24, 2.45) is 5.41 Å². The molecule has 0 saturated heterocycles. The SMILES string of the molecule is CCNC(CC(C)(C)C)c1ccc(OC)c(Br)c1. The predicted molar refractivity (Wildman–Crippen MR) is 81.2 cm³/mol. The molecule has 1 aromatic carbocycles. The van der Waals surface area contributed by atoms with Crippen LogP contribution in [0.2, 0.25) is 0 Å². The van der Waals surface area contributed by atoms with Crippen LogP contribution in [-0.4, -0.2) is 13.7 Å². The molecule has 0 aliphatic carbocycles. The van der Waals surface area contributed by atoms with Gasteiger partial charge in [-0.25, -0.2) is 0 Å². The normalized spacial score (nSPS) is 13.4. The second-order valence-corrected chi connectivity index (χ2v) is 6.62. The summed E-state index contributed by atoms with van der Waals surface area (Å²) in [6.45, 7) is 9.94. The van der Waals surface area contributed by atoms with Crippen molar-refractivity contribution in [3.8, 4) is 5.75 Å². The van der Waals surface area contributed by atoms with Gasteiger partial charge in [-0.1, -0.05) is 33.8 Å². The molecule has 1 N–H and O–H groups in total. The van der Waals surface area contributed by atoms with Crippen molar-refractivity contribution in [2.75, 3.05) is 13.7 Å². The van der Waals surface area contributed by atoms with Gasteiger partial charge < -0.3 is 10.1 Å². The zero-order valence-electron chi connectivity index (χ0n) is 12.0. The van der Waals surface area contributed by atoms with Crippen LogP contribution >= 0.6 is 15.9 Å². The second-order valence-electron chi connectivity index (χ2n) is 5.77. The molecule has 3 heteroatoms. The molecule has 1 aromatic rings. The first kappa shape index (κ1) is 15.5. The first-order valence-corrected chi connectivity index (χ1v) is 7.23. The van der Waals surface area contributed by atoms with E-state index < -0.39 is 0 Å². The highest BCUT2D eigenvalue weighted by Crippen LogP contribution is 2.33. The molecule has 1 unspecified atom stereocenters. The van der Waals surface area contributed by atoms with Crippen molar-refractivity contribution in [1.82, 2.24) is 5.32 Å². The lowest BCUT2D eigenvalue weighted by Gasteiger charge is -2.27. The van der Waals surface area contributed by atoms with E-state index in [9.17, 15) is 0 Å². The molecule has 102 valence electrons. The Bertz CT molecular complexity index is 385. The number of methoxy groups -OCH3 is 1. The Balaban J connectivity index is 2.95. The molecule has 0 radical (unpaired) electrons. The predicted octanol–water partition coefficient (Wildman–Crippen LogP) is 4.54. The zero-order chi connectivity index (χ0) is 13.8. The standard InChI is InChI=1S/C15H24BrNO/c1-6-17-13(10-15(2,3)4)11-7-8-14(18-5)12(16)9-11/h7-9,13,17H,6,10H2,1-5H3. The lowest BCUT2D eigenvalue weighted by atomic mass is 9.85. The lowest BCUT2D eigenvalue weighted by molar-refractivity contribution is 0.314. The summed E-state index contributed by atoms with van der Waals surface area (Å²) in [7, 11) is 1.69. The molecule has 0 heterocycles. The molecule has 0 aliphatic rings. The minimum atomic E-state index is 0.305. The van der Waals surface area contributed by atoms with Crippen LogP contribution in [0, 0.1) is 5.41 Å². The van der Waals surface area contributed by atoms with Crippen molar-refractivity contribution in [2.45, 2.75) is 40.2 Å². The summed E-state index contributed by atoms with van der Waals surface area (Å²) in [4.78, 5) is 0. The minimum Gasteiger partial charge on any atom is -0.496 e. The fraction of sp³-hybridized carbons (Fsp3) is 0.600. The van der Waals surface area contributed by atoms with Crippen LogP contribution in [0.3, 0.4) is 0 Å². The van der Waals surface area contributed by atoms with E-state index in [1.54, 1.807) is 7.11 Å². The Morgan fingerprint density at radius 1 is 1.33 bits per heavy atom. The van der Waals surface area contributed by atoms with Gasteiger partial charge in [0.1, 0.15) is 5.75 Å². The Morgan fingerprint density at radius 2 is 2.00 bits per heavy atom. The second kappa shape index (κ2) is 6.58. The van der Waals surface area contributed by atoms with Gasteiger partial charge in [-0.3, -0.25) is 0 Å². The fourth-order valence-electron chi connectivity index (χ4n) is 2.07. The van der Waals surface area contributed by atoms with Crippen LogP contribution in [-0.2, 0) is 0 Å². The summed E-state index contributed by atoms with van der Waals surface area (Å²) < 4.78 is 6.29. The van der Waals surface area contributed by atoms with Crippen LogP contribution in [0.1, 0.15) is 45.7 Å². The maximum atomic E-state index is 5.27. The molecule has 18 heavy (non-hydrogen) atoms. The summed E-state index contributed by atoms with van der Waals surface area (Å²) in [5.74, 6) is 0.879. The van der Waals surface area contributed by atoms with E-state index in [2.05, 4.69) is 61.1 Å². The number of halogens is 1. The number of hydrogen-bond donors (Lipinski definition) is 1. The molecular formula is C15H24BrNO. The van der Waals surface area contributed by atoms with Crippen LogP contribution in [0.4, 0.5) is 0 Å². The van der Waals surface area contributed by atoms with Gasteiger partial charge in [-0.05, 0) is 52.0 Å². The largest absolute Gasteiger partial charge is 0.496 e. The van der Waals surface area contributed by atoms with E-state index in [4.69, 9.17) is 4.74 Å². The molecule has 0 amide bonds. The molecule has 0 aromatic heterocycles. The summed E-state index contributed by atoms with van der Waals surface area (Å²) in [6, 6.07) is 6.70. The summed E-state index contributed by atoms with van der Waals surface area (Å²) in [6.07, 6.45) is 1.11. The van der Waals surface area contributed by atoms with Crippen molar-refractivity contribution in [1.29, 1.82) is 0 Å². The maximum Gasteiger partial charge on any atom is 0.133 e. The van der Waals surface area contributed by atoms with E-state index in [0.717, 1.165) is 23.2 Å². The van der Waals surface area contributed by atoms with E-state index >= 15 is 0 Å². The molecule has 0 saturated carbocycles. The molecule has 0 aliphatic heterocycles. The van der Waals surface area contributed by atoms with Gasteiger partial charge in [0, 0.05) is 6.04 Å². The first-order valence-electron chi connectivity index (χ1n) is 6.44. The van der Waals surface area contributed by atoms with E-state index in [0.29, 0.717) is 11.5 Å². The molecule has 1 atom stereocenters. The Hall–Kier alpha value is -0.540. The Kier molecular flexibility index (Phi) is 5.67. The quantitative estimate of drug-likeness (QED) is 0.861. The van der Waals surface area contributed by atoms with Gasteiger partial charge in [0.05, 0.1) is 11.6 Å². The van der Waals surface area contributed by atoms with Crippen molar-refractivity contribution in [3.63, 3.8) is 0 Å². The number of benzene rings is 1. The third-order valence-electron chi connectivity index (χ3n) is 2.85. The third kappa shape index (κ3) is 4.62. The lowest BCUT2D eigenvalue weighted by Crippen LogP contribution is -2.25. The zero-order valence-corrected chi connectivity index (χ0v) is 13.6. The van der Waals surface area contributed by atoms with Gasteiger partial charge in [0.2, 0.25) is 0 Å². The molecular weight excluding hydrogens is 290 g/mol.